The van der Waals surface area contributed by atoms with Gasteiger partial charge in [0, 0.05) is 17.3 Å². The molecule has 0 spiro atoms. The highest BCUT2D eigenvalue weighted by molar-refractivity contribution is 5.92. The largest absolute Gasteiger partial charge is 0.496 e. The fourth-order valence-corrected chi connectivity index (χ4v) is 2.17. The Balaban J connectivity index is 1.88. The fraction of sp³-hybridized carbons (Fsp3) is 0.222. The van der Waals surface area contributed by atoms with Gasteiger partial charge in [0.1, 0.15) is 5.75 Å². The number of ether oxygens (including phenoxy) is 2. The third kappa shape index (κ3) is 5.27. The van der Waals surface area contributed by atoms with Gasteiger partial charge in [-0.3, -0.25) is 9.59 Å². The van der Waals surface area contributed by atoms with Crippen LogP contribution in [0.25, 0.3) is 0 Å². The molecule has 0 aromatic heterocycles. The zero-order chi connectivity index (χ0) is 18.4. The zero-order valence-corrected chi connectivity index (χ0v) is 13.8. The van der Waals surface area contributed by atoms with E-state index in [1.165, 1.54) is 13.2 Å². The van der Waals surface area contributed by atoms with Gasteiger partial charge in [0.05, 0.1) is 13.5 Å². The Morgan fingerprint density at radius 2 is 1.84 bits per heavy atom. The van der Waals surface area contributed by atoms with Gasteiger partial charge in [0.2, 0.25) is 0 Å². The molecule has 0 radical (unpaired) electrons. The van der Waals surface area contributed by atoms with Crippen molar-refractivity contribution in [2.45, 2.75) is 13.3 Å². The number of hydrogen-bond donors (Lipinski definition) is 1. The summed E-state index contributed by atoms with van der Waals surface area (Å²) in [4.78, 5) is 23.6. The highest BCUT2D eigenvalue weighted by Crippen LogP contribution is 2.20. The van der Waals surface area contributed by atoms with E-state index in [9.17, 15) is 18.4 Å². The number of rotatable bonds is 6. The van der Waals surface area contributed by atoms with Crippen molar-refractivity contribution < 1.29 is 27.8 Å². The molecule has 0 aliphatic rings. The van der Waals surface area contributed by atoms with Crippen LogP contribution in [0, 0.1) is 18.6 Å². The molecule has 0 saturated carbocycles. The highest BCUT2D eigenvalue weighted by Gasteiger charge is 2.13. The summed E-state index contributed by atoms with van der Waals surface area (Å²) in [5, 5.41) is 2.31. The predicted octanol–water partition coefficient (Wildman–Crippen LogP) is 3.01. The number of halogens is 2. The Bertz CT molecular complexity index is 793. The minimum atomic E-state index is -1.08. The number of carbonyl (C=O) groups excluding carboxylic acids is 2. The van der Waals surface area contributed by atoms with Gasteiger partial charge >= 0.3 is 5.97 Å². The lowest BCUT2D eigenvalue weighted by molar-refractivity contribution is -0.146. The number of hydrogen-bond acceptors (Lipinski definition) is 4. The van der Waals surface area contributed by atoms with Gasteiger partial charge in [-0.1, -0.05) is 17.7 Å². The topological polar surface area (TPSA) is 64.6 Å². The summed E-state index contributed by atoms with van der Waals surface area (Å²) in [5.41, 5.74) is 1.67. The maximum atomic E-state index is 13.1. The van der Waals surface area contributed by atoms with Gasteiger partial charge in [-0.25, -0.2) is 8.78 Å². The van der Waals surface area contributed by atoms with Crippen LogP contribution in [0.1, 0.15) is 11.1 Å². The van der Waals surface area contributed by atoms with Crippen LogP contribution in [0.4, 0.5) is 14.5 Å². The molecule has 2 rings (SSSR count). The summed E-state index contributed by atoms with van der Waals surface area (Å²) in [6.07, 6.45) is -0.0523. The number of carbonyl (C=O) groups is 2. The maximum Gasteiger partial charge on any atom is 0.310 e. The van der Waals surface area contributed by atoms with Crippen molar-refractivity contribution in [3.63, 3.8) is 0 Å². The normalized spacial score (nSPS) is 10.2. The molecule has 25 heavy (non-hydrogen) atoms. The maximum absolute atomic E-state index is 13.1. The van der Waals surface area contributed by atoms with Crippen LogP contribution in [-0.2, 0) is 20.7 Å². The van der Waals surface area contributed by atoms with E-state index in [0.29, 0.717) is 11.3 Å². The van der Waals surface area contributed by atoms with E-state index in [2.05, 4.69) is 5.32 Å². The van der Waals surface area contributed by atoms with Crippen molar-refractivity contribution in [1.82, 2.24) is 0 Å². The number of nitrogens with one attached hydrogen (secondary N) is 1. The van der Waals surface area contributed by atoms with E-state index in [1.54, 1.807) is 12.1 Å². The smallest absolute Gasteiger partial charge is 0.310 e. The van der Waals surface area contributed by atoms with E-state index < -0.39 is 30.1 Å². The Morgan fingerprint density at radius 3 is 2.52 bits per heavy atom. The average molecular weight is 349 g/mol. The van der Waals surface area contributed by atoms with Gasteiger partial charge in [-0.2, -0.15) is 0 Å². The summed E-state index contributed by atoms with van der Waals surface area (Å²) in [6, 6.07) is 8.32. The Labute approximate surface area is 143 Å². The molecule has 0 unspecified atom stereocenters. The number of anilines is 1. The average Bonchev–Trinajstić information content (AvgIpc) is 2.57. The number of esters is 1. The van der Waals surface area contributed by atoms with E-state index in [1.807, 2.05) is 13.0 Å². The molecule has 0 aliphatic heterocycles. The van der Waals surface area contributed by atoms with Crippen molar-refractivity contribution in [3.05, 3.63) is 59.2 Å². The molecule has 7 heteroatoms. The monoisotopic (exact) mass is 349 g/mol. The summed E-state index contributed by atoms with van der Waals surface area (Å²) < 4.78 is 36.0. The highest BCUT2D eigenvalue weighted by atomic mass is 19.2. The molecule has 0 heterocycles. The first kappa shape index (κ1) is 18.4. The van der Waals surface area contributed by atoms with E-state index in [-0.39, 0.29) is 12.1 Å². The molecule has 0 bridgehead atoms. The van der Waals surface area contributed by atoms with Crippen LogP contribution < -0.4 is 10.1 Å². The third-order valence-electron chi connectivity index (χ3n) is 3.34. The number of benzene rings is 2. The lowest BCUT2D eigenvalue weighted by Gasteiger charge is -2.10. The predicted molar refractivity (Wildman–Crippen MR) is 87.4 cm³/mol. The van der Waals surface area contributed by atoms with E-state index in [0.717, 1.165) is 17.7 Å². The molecule has 0 saturated heterocycles. The van der Waals surface area contributed by atoms with Crippen LogP contribution in [-0.4, -0.2) is 25.6 Å². The van der Waals surface area contributed by atoms with Gasteiger partial charge in [-0.15, -0.1) is 0 Å². The van der Waals surface area contributed by atoms with Crippen LogP contribution in [0.15, 0.2) is 36.4 Å². The quantitative estimate of drug-likeness (QED) is 0.815. The Morgan fingerprint density at radius 1 is 1.08 bits per heavy atom. The molecule has 132 valence electrons. The number of aryl methyl sites for hydroxylation is 1. The molecule has 5 nitrogen and oxygen atoms in total. The summed E-state index contributed by atoms with van der Waals surface area (Å²) in [5.74, 6) is -2.81. The SMILES string of the molecule is COc1ccc(C)cc1CC(=O)OCC(=O)Nc1ccc(F)c(F)c1. The first-order valence-electron chi connectivity index (χ1n) is 7.43. The van der Waals surface area contributed by atoms with Crippen LogP contribution in [0.3, 0.4) is 0 Å². The summed E-state index contributed by atoms with van der Waals surface area (Å²) in [7, 11) is 1.49. The van der Waals surface area contributed by atoms with Gasteiger partial charge in [0.15, 0.2) is 18.2 Å². The van der Waals surface area contributed by atoms with Crippen molar-refractivity contribution in [3.8, 4) is 5.75 Å². The molecule has 0 fully saturated rings. The van der Waals surface area contributed by atoms with Crippen LogP contribution >= 0.6 is 0 Å². The molecule has 1 N–H and O–H groups in total. The Kier molecular flexibility index (Phi) is 6.05. The van der Waals surface area contributed by atoms with Crippen LogP contribution in [0.5, 0.6) is 5.75 Å². The van der Waals surface area contributed by atoms with Gasteiger partial charge in [-0.05, 0) is 25.1 Å². The van der Waals surface area contributed by atoms with Gasteiger partial charge in [0.25, 0.3) is 5.91 Å². The van der Waals surface area contributed by atoms with E-state index in [4.69, 9.17) is 9.47 Å². The Hall–Kier alpha value is -2.96. The van der Waals surface area contributed by atoms with Crippen molar-refractivity contribution in [1.29, 1.82) is 0 Å². The second-order valence-electron chi connectivity index (χ2n) is 5.33. The minimum absolute atomic E-state index is 0.0523. The van der Waals surface area contributed by atoms with Crippen molar-refractivity contribution in [2.75, 3.05) is 19.0 Å². The van der Waals surface area contributed by atoms with Crippen LogP contribution in [0.2, 0.25) is 0 Å². The standard InChI is InChI=1S/C18H17F2NO4/c1-11-3-6-16(24-2)12(7-11)8-18(23)25-10-17(22)21-13-4-5-14(19)15(20)9-13/h3-7,9H,8,10H2,1-2H3,(H,21,22). The third-order valence-corrected chi connectivity index (χ3v) is 3.34. The van der Waals surface area contributed by atoms with E-state index >= 15 is 0 Å². The molecule has 1 amide bonds. The molecule has 0 aliphatic carbocycles. The lowest BCUT2D eigenvalue weighted by atomic mass is 10.1. The number of amides is 1. The van der Waals surface area contributed by atoms with Crippen molar-refractivity contribution in [2.24, 2.45) is 0 Å². The first-order chi connectivity index (χ1) is 11.9. The fourth-order valence-electron chi connectivity index (χ4n) is 2.17. The second kappa shape index (κ2) is 8.23. The number of methoxy groups -OCH3 is 1. The summed E-state index contributed by atoms with van der Waals surface area (Å²) >= 11 is 0. The minimum Gasteiger partial charge on any atom is -0.496 e. The van der Waals surface area contributed by atoms with Gasteiger partial charge < -0.3 is 14.8 Å². The first-order valence-corrected chi connectivity index (χ1v) is 7.43. The second-order valence-corrected chi connectivity index (χ2v) is 5.33. The zero-order valence-electron chi connectivity index (χ0n) is 13.8. The molecule has 2 aromatic rings. The molecular formula is C18H17F2NO4. The molecular weight excluding hydrogens is 332 g/mol. The summed E-state index contributed by atoms with van der Waals surface area (Å²) in [6.45, 7) is 1.34. The molecule has 0 atom stereocenters. The molecule has 2 aromatic carbocycles. The lowest BCUT2D eigenvalue weighted by Crippen LogP contribution is -2.21. The van der Waals surface area contributed by atoms with Crippen molar-refractivity contribution >= 4 is 17.6 Å².